The molecule has 1 aliphatic heterocycles. The molecule has 7 nitrogen and oxygen atoms in total. The van der Waals surface area contributed by atoms with Gasteiger partial charge in [-0.3, -0.25) is 14.3 Å². The first-order valence-electron chi connectivity index (χ1n) is 11.0. The van der Waals surface area contributed by atoms with Crippen LogP contribution in [0, 0.1) is 19.8 Å². The monoisotopic (exact) mass is 426 g/mol. The van der Waals surface area contributed by atoms with E-state index in [1.807, 2.05) is 35.6 Å². The minimum atomic E-state index is -0.104. The fourth-order valence-corrected chi connectivity index (χ4v) is 4.08. The molecule has 0 aliphatic carbocycles. The molecule has 1 N–H and O–H groups in total. The molecule has 1 fully saturated rings. The largest absolute Gasteiger partial charge is 0.497 e. The lowest BCUT2D eigenvalue weighted by atomic mass is 10.0. The SMILES string of the molecule is COc1cccc(C(=O)NC2CCN(C(=O)Cc3c(C)nn(CC(C)C)c3C)CC2)c1. The molecule has 7 heteroatoms. The van der Waals surface area contributed by atoms with Crippen molar-refractivity contribution in [1.29, 1.82) is 0 Å². The molecule has 0 saturated carbocycles. The highest BCUT2D eigenvalue weighted by molar-refractivity contribution is 5.94. The lowest BCUT2D eigenvalue weighted by molar-refractivity contribution is -0.131. The smallest absolute Gasteiger partial charge is 0.251 e. The molecule has 0 atom stereocenters. The van der Waals surface area contributed by atoms with Crippen LogP contribution in [0.3, 0.4) is 0 Å². The van der Waals surface area contributed by atoms with Gasteiger partial charge in [-0.2, -0.15) is 5.10 Å². The maximum absolute atomic E-state index is 12.9. The van der Waals surface area contributed by atoms with Crippen molar-refractivity contribution >= 4 is 11.8 Å². The van der Waals surface area contributed by atoms with Crippen molar-refractivity contribution in [1.82, 2.24) is 20.0 Å². The van der Waals surface area contributed by atoms with Crippen molar-refractivity contribution in [3.63, 3.8) is 0 Å². The maximum atomic E-state index is 12.9. The highest BCUT2D eigenvalue weighted by Crippen LogP contribution is 2.19. The lowest BCUT2D eigenvalue weighted by Crippen LogP contribution is -2.47. The Balaban J connectivity index is 1.53. The van der Waals surface area contributed by atoms with E-state index in [0.717, 1.165) is 36.3 Å². The Bertz CT molecular complexity index is 927. The van der Waals surface area contributed by atoms with Crippen LogP contribution in [0.15, 0.2) is 24.3 Å². The van der Waals surface area contributed by atoms with Crippen LogP contribution < -0.4 is 10.1 Å². The molecule has 0 unspecified atom stereocenters. The van der Waals surface area contributed by atoms with Gasteiger partial charge in [0.25, 0.3) is 5.91 Å². The zero-order chi connectivity index (χ0) is 22.5. The summed E-state index contributed by atoms with van der Waals surface area (Å²) < 4.78 is 7.21. The second-order valence-electron chi connectivity index (χ2n) is 8.76. The molecule has 0 radical (unpaired) electrons. The Morgan fingerprint density at radius 2 is 1.94 bits per heavy atom. The van der Waals surface area contributed by atoms with Crippen LogP contribution in [-0.2, 0) is 17.8 Å². The van der Waals surface area contributed by atoms with Gasteiger partial charge in [-0.1, -0.05) is 19.9 Å². The minimum Gasteiger partial charge on any atom is -0.497 e. The zero-order valence-electron chi connectivity index (χ0n) is 19.3. The topological polar surface area (TPSA) is 76.5 Å². The predicted molar refractivity (Wildman–Crippen MR) is 120 cm³/mol. The van der Waals surface area contributed by atoms with Crippen molar-refractivity contribution in [2.45, 2.75) is 59.5 Å². The quantitative estimate of drug-likeness (QED) is 0.738. The van der Waals surface area contributed by atoms with Gasteiger partial charge in [0.1, 0.15) is 5.75 Å². The van der Waals surface area contributed by atoms with Crippen LogP contribution >= 0.6 is 0 Å². The van der Waals surface area contributed by atoms with Crippen LogP contribution in [0.25, 0.3) is 0 Å². The summed E-state index contributed by atoms with van der Waals surface area (Å²) in [5, 5.41) is 7.71. The standard InChI is InChI=1S/C24H34N4O3/c1-16(2)15-28-18(4)22(17(3)26-28)14-23(29)27-11-9-20(10-12-27)25-24(30)19-7-6-8-21(13-19)31-5/h6-8,13,16,20H,9-12,14-15H2,1-5H3,(H,25,30). The third-order valence-electron chi connectivity index (χ3n) is 5.91. The van der Waals surface area contributed by atoms with E-state index in [2.05, 4.69) is 24.3 Å². The van der Waals surface area contributed by atoms with Crippen molar-refractivity contribution in [2.24, 2.45) is 5.92 Å². The molecule has 1 aliphatic rings. The minimum absolute atomic E-state index is 0.0695. The summed E-state index contributed by atoms with van der Waals surface area (Å²) in [6.45, 7) is 10.5. The molecule has 1 aromatic heterocycles. The Kier molecular flexibility index (Phi) is 7.36. The summed E-state index contributed by atoms with van der Waals surface area (Å²) in [6, 6.07) is 7.21. The number of carbonyl (C=O) groups excluding carboxylic acids is 2. The summed E-state index contributed by atoms with van der Waals surface area (Å²) >= 11 is 0. The summed E-state index contributed by atoms with van der Waals surface area (Å²) in [5.74, 6) is 1.20. The number of aryl methyl sites for hydroxylation is 1. The lowest BCUT2D eigenvalue weighted by Gasteiger charge is -2.32. The number of benzene rings is 1. The molecular formula is C24H34N4O3. The van der Waals surface area contributed by atoms with Gasteiger partial charge in [-0.25, -0.2) is 0 Å². The number of hydrogen-bond acceptors (Lipinski definition) is 4. The third kappa shape index (κ3) is 5.66. The average molecular weight is 427 g/mol. The Labute approximate surface area is 184 Å². The molecule has 1 saturated heterocycles. The van der Waals surface area contributed by atoms with E-state index in [4.69, 9.17) is 4.74 Å². The molecule has 2 aromatic rings. The van der Waals surface area contributed by atoms with Crippen molar-refractivity contribution in [3.05, 3.63) is 46.8 Å². The Morgan fingerprint density at radius 1 is 1.23 bits per heavy atom. The number of methoxy groups -OCH3 is 1. The van der Waals surface area contributed by atoms with E-state index in [1.54, 1.807) is 19.2 Å². The van der Waals surface area contributed by atoms with Crippen molar-refractivity contribution < 1.29 is 14.3 Å². The Hall–Kier alpha value is -2.83. The predicted octanol–water partition coefficient (Wildman–Crippen LogP) is 3.13. The second-order valence-corrected chi connectivity index (χ2v) is 8.76. The van der Waals surface area contributed by atoms with E-state index in [1.165, 1.54) is 0 Å². The highest BCUT2D eigenvalue weighted by atomic mass is 16.5. The van der Waals surface area contributed by atoms with Crippen molar-refractivity contribution in [3.8, 4) is 5.75 Å². The van der Waals surface area contributed by atoms with E-state index in [9.17, 15) is 9.59 Å². The number of nitrogens with zero attached hydrogens (tertiary/aromatic N) is 3. The first kappa shape index (κ1) is 22.8. The summed E-state index contributed by atoms with van der Waals surface area (Å²) in [4.78, 5) is 27.4. The molecule has 3 rings (SSSR count). The number of aromatic nitrogens is 2. The normalized spacial score (nSPS) is 14.7. The number of amides is 2. The maximum Gasteiger partial charge on any atom is 0.251 e. The van der Waals surface area contributed by atoms with Gasteiger partial charge in [-0.15, -0.1) is 0 Å². The summed E-state index contributed by atoms with van der Waals surface area (Å²) in [5.41, 5.74) is 3.65. The van der Waals surface area contributed by atoms with Gasteiger partial charge < -0.3 is 15.0 Å². The average Bonchev–Trinajstić information content (AvgIpc) is 3.01. The number of carbonyl (C=O) groups is 2. The van der Waals surface area contributed by atoms with Crippen LogP contribution in [0.4, 0.5) is 0 Å². The van der Waals surface area contributed by atoms with Gasteiger partial charge in [0.15, 0.2) is 0 Å². The molecule has 1 aromatic carbocycles. The van der Waals surface area contributed by atoms with E-state index >= 15 is 0 Å². The second kappa shape index (κ2) is 9.98. The number of hydrogen-bond donors (Lipinski definition) is 1. The van der Waals surface area contributed by atoms with E-state index < -0.39 is 0 Å². The van der Waals surface area contributed by atoms with Crippen LogP contribution in [0.5, 0.6) is 5.75 Å². The Morgan fingerprint density at radius 3 is 2.58 bits per heavy atom. The van der Waals surface area contributed by atoms with Crippen LogP contribution in [-0.4, -0.2) is 52.7 Å². The molecule has 2 heterocycles. The van der Waals surface area contributed by atoms with Crippen molar-refractivity contribution in [2.75, 3.05) is 20.2 Å². The number of rotatable bonds is 7. The molecule has 168 valence electrons. The number of ether oxygens (including phenoxy) is 1. The van der Waals surface area contributed by atoms with E-state index in [0.29, 0.717) is 36.7 Å². The van der Waals surface area contributed by atoms with Crippen LogP contribution in [0.1, 0.15) is 54.0 Å². The molecule has 2 amide bonds. The van der Waals surface area contributed by atoms with Gasteiger partial charge in [0.2, 0.25) is 5.91 Å². The third-order valence-corrected chi connectivity index (χ3v) is 5.91. The fraction of sp³-hybridized carbons (Fsp3) is 0.542. The highest BCUT2D eigenvalue weighted by Gasteiger charge is 2.26. The molecule has 31 heavy (non-hydrogen) atoms. The van der Waals surface area contributed by atoms with Gasteiger partial charge in [-0.05, 0) is 50.8 Å². The molecule has 0 bridgehead atoms. The van der Waals surface area contributed by atoms with Gasteiger partial charge in [0, 0.05) is 42.5 Å². The number of nitrogens with one attached hydrogen (secondary N) is 1. The summed E-state index contributed by atoms with van der Waals surface area (Å²) in [7, 11) is 1.59. The van der Waals surface area contributed by atoms with E-state index in [-0.39, 0.29) is 17.9 Å². The molecule has 0 spiro atoms. The first-order chi connectivity index (χ1) is 14.8. The zero-order valence-corrected chi connectivity index (χ0v) is 19.3. The van der Waals surface area contributed by atoms with Gasteiger partial charge >= 0.3 is 0 Å². The fourth-order valence-electron chi connectivity index (χ4n) is 4.08. The molecular weight excluding hydrogens is 392 g/mol. The number of piperidine rings is 1. The number of likely N-dealkylation sites (tertiary alicyclic amines) is 1. The first-order valence-corrected chi connectivity index (χ1v) is 11.0. The van der Waals surface area contributed by atoms with Gasteiger partial charge in [0.05, 0.1) is 19.2 Å². The van der Waals surface area contributed by atoms with Crippen LogP contribution in [0.2, 0.25) is 0 Å². The summed E-state index contributed by atoms with van der Waals surface area (Å²) in [6.07, 6.45) is 1.90.